The zero-order valence-corrected chi connectivity index (χ0v) is 21.6. The molecule has 2 aromatic carbocycles. The van der Waals surface area contributed by atoms with Crippen LogP contribution in [0.25, 0.3) is 0 Å². The summed E-state index contributed by atoms with van der Waals surface area (Å²) in [5, 5.41) is 2.82. The highest BCUT2D eigenvalue weighted by atomic mass is 32.2. The number of fused-ring (bicyclic) bond motifs is 4. The normalized spacial score (nSPS) is 19.2. The molecule has 0 radical (unpaired) electrons. The number of carbonyl (C=O) groups excluding carboxylic acids is 1. The summed E-state index contributed by atoms with van der Waals surface area (Å²) in [7, 11) is -3.71. The summed E-state index contributed by atoms with van der Waals surface area (Å²) in [5.74, 6) is 0.534. The predicted octanol–water partition coefficient (Wildman–Crippen LogP) is 4.09. The van der Waals surface area contributed by atoms with Crippen molar-refractivity contribution in [1.29, 1.82) is 0 Å². The van der Waals surface area contributed by atoms with Gasteiger partial charge in [0.05, 0.1) is 11.5 Å². The predicted molar refractivity (Wildman–Crippen MR) is 142 cm³/mol. The molecule has 1 amide bonds. The Hall–Kier alpha value is -3.43. The molecule has 2 aliphatic heterocycles. The van der Waals surface area contributed by atoms with E-state index in [9.17, 15) is 18.0 Å². The number of carbonyl (C=O) groups is 1. The van der Waals surface area contributed by atoms with Gasteiger partial charge >= 0.3 is 0 Å². The molecule has 1 aromatic heterocycles. The molecule has 37 heavy (non-hydrogen) atoms. The van der Waals surface area contributed by atoms with Crippen LogP contribution in [-0.2, 0) is 16.6 Å². The first-order valence-corrected chi connectivity index (χ1v) is 14.1. The number of nitrogens with zero attached hydrogens (tertiary/aromatic N) is 2. The lowest BCUT2D eigenvalue weighted by molar-refractivity contribution is 0.102. The van der Waals surface area contributed by atoms with Crippen LogP contribution < -0.4 is 15.6 Å². The fraction of sp³-hybridized carbons (Fsp3) is 0.357. The number of pyridine rings is 1. The number of sulfonamides is 1. The number of amides is 1. The monoisotopic (exact) mass is 521 g/mol. The Morgan fingerprint density at radius 2 is 1.76 bits per heavy atom. The summed E-state index contributed by atoms with van der Waals surface area (Å²) in [6, 6.07) is 18.4. The average Bonchev–Trinajstić information content (AvgIpc) is 2.90. The van der Waals surface area contributed by atoms with Crippen LogP contribution in [-0.4, -0.2) is 42.9 Å². The van der Waals surface area contributed by atoms with Gasteiger partial charge in [-0.05, 0) is 73.4 Å². The van der Waals surface area contributed by atoms with E-state index < -0.39 is 10.0 Å². The highest BCUT2D eigenvalue weighted by Gasteiger charge is 2.39. The maximum atomic E-state index is 13.4. The first-order chi connectivity index (χ1) is 17.8. The number of hydrogen-bond acceptors (Lipinski definition) is 5. The average molecular weight is 522 g/mol. The molecular weight excluding hydrogens is 490 g/mol. The molecular formula is C28H31N3O5S. The van der Waals surface area contributed by atoms with E-state index in [0.717, 1.165) is 30.7 Å². The lowest BCUT2D eigenvalue weighted by atomic mass is 9.84. The van der Waals surface area contributed by atoms with E-state index in [2.05, 4.69) is 12.2 Å². The molecule has 194 valence electrons. The van der Waals surface area contributed by atoms with Gasteiger partial charge in [0, 0.05) is 48.6 Å². The standard InChI is InChI=1S/C28H31N3O5S/c1-2-3-15-36-24-11-7-21(8-12-24)28(33)29-23-9-13-25(14-10-23)37(34,35)30-17-20-16-22(19-30)26-5-4-6-27(32)31(26)18-20/h4-14,20,22H,2-3,15-19H2,1H3,(H,29,33)/t20-,22-/m1/s1. The molecule has 3 aromatic rings. The quantitative estimate of drug-likeness (QED) is 0.451. The second kappa shape index (κ2) is 10.5. The van der Waals surface area contributed by atoms with Crippen molar-refractivity contribution < 1.29 is 17.9 Å². The molecule has 0 unspecified atom stereocenters. The lowest BCUT2D eigenvalue weighted by Crippen LogP contribution is -2.48. The summed E-state index contributed by atoms with van der Waals surface area (Å²) >= 11 is 0. The molecule has 0 saturated carbocycles. The van der Waals surface area contributed by atoms with Crippen LogP contribution in [0.3, 0.4) is 0 Å². The van der Waals surface area contributed by atoms with Crippen molar-refractivity contribution in [2.24, 2.45) is 5.92 Å². The molecule has 0 spiro atoms. The summed E-state index contributed by atoms with van der Waals surface area (Å²) in [6.07, 6.45) is 2.91. The summed E-state index contributed by atoms with van der Waals surface area (Å²) in [5.41, 5.74) is 1.87. The number of ether oxygens (including phenoxy) is 1. The first-order valence-electron chi connectivity index (χ1n) is 12.7. The highest BCUT2D eigenvalue weighted by molar-refractivity contribution is 7.89. The maximum Gasteiger partial charge on any atom is 0.255 e. The van der Waals surface area contributed by atoms with Crippen LogP contribution in [0.5, 0.6) is 5.75 Å². The van der Waals surface area contributed by atoms with Crippen molar-refractivity contribution in [3.05, 3.63) is 88.3 Å². The summed E-state index contributed by atoms with van der Waals surface area (Å²) in [6.45, 7) is 4.01. The number of unbranched alkanes of at least 4 members (excludes halogenated alkanes) is 1. The fourth-order valence-corrected chi connectivity index (χ4v) is 6.71. The number of anilines is 1. The summed E-state index contributed by atoms with van der Waals surface area (Å²) in [4.78, 5) is 25.1. The maximum absolute atomic E-state index is 13.4. The van der Waals surface area contributed by atoms with Gasteiger partial charge in [0.1, 0.15) is 5.75 Å². The van der Waals surface area contributed by atoms with Crippen molar-refractivity contribution in [1.82, 2.24) is 8.87 Å². The van der Waals surface area contributed by atoms with Crippen LogP contribution >= 0.6 is 0 Å². The molecule has 9 heteroatoms. The molecule has 2 atom stereocenters. The third-order valence-electron chi connectivity index (χ3n) is 7.08. The Kier molecular flexibility index (Phi) is 7.17. The van der Waals surface area contributed by atoms with Gasteiger partial charge in [0.15, 0.2) is 0 Å². The van der Waals surface area contributed by atoms with Gasteiger partial charge in [0.25, 0.3) is 11.5 Å². The molecule has 1 fully saturated rings. The van der Waals surface area contributed by atoms with Crippen LogP contribution in [0.4, 0.5) is 5.69 Å². The van der Waals surface area contributed by atoms with Crippen LogP contribution in [0.2, 0.25) is 0 Å². The van der Waals surface area contributed by atoms with Crippen molar-refractivity contribution in [3.63, 3.8) is 0 Å². The third kappa shape index (κ3) is 5.33. The topological polar surface area (TPSA) is 97.7 Å². The Labute approximate surface area is 216 Å². The van der Waals surface area contributed by atoms with Crippen molar-refractivity contribution >= 4 is 21.6 Å². The van der Waals surface area contributed by atoms with Crippen molar-refractivity contribution in [2.45, 2.75) is 43.5 Å². The minimum absolute atomic E-state index is 0.00169. The molecule has 1 saturated heterocycles. The molecule has 2 bridgehead atoms. The van der Waals surface area contributed by atoms with Gasteiger partial charge in [-0.15, -0.1) is 0 Å². The molecule has 2 aliphatic rings. The van der Waals surface area contributed by atoms with Gasteiger partial charge in [-0.2, -0.15) is 4.31 Å². The molecule has 1 N–H and O–H groups in total. The van der Waals surface area contributed by atoms with E-state index >= 15 is 0 Å². The Morgan fingerprint density at radius 3 is 2.49 bits per heavy atom. The lowest BCUT2D eigenvalue weighted by Gasteiger charge is -2.42. The van der Waals surface area contributed by atoms with E-state index in [-0.39, 0.29) is 28.2 Å². The number of hydrogen-bond donors (Lipinski definition) is 1. The smallest absolute Gasteiger partial charge is 0.255 e. The van der Waals surface area contributed by atoms with E-state index in [4.69, 9.17) is 4.74 Å². The Morgan fingerprint density at radius 1 is 1.00 bits per heavy atom. The second-order valence-corrected chi connectivity index (χ2v) is 11.7. The highest BCUT2D eigenvalue weighted by Crippen LogP contribution is 2.37. The van der Waals surface area contributed by atoms with Crippen molar-refractivity contribution in [3.8, 4) is 5.75 Å². The molecule has 5 rings (SSSR count). The summed E-state index contributed by atoms with van der Waals surface area (Å²) < 4.78 is 35.8. The third-order valence-corrected chi connectivity index (χ3v) is 8.93. The van der Waals surface area contributed by atoms with Crippen LogP contribution in [0.15, 0.2) is 76.4 Å². The number of piperidine rings is 1. The zero-order chi connectivity index (χ0) is 26.0. The van der Waals surface area contributed by atoms with Gasteiger partial charge < -0.3 is 14.6 Å². The van der Waals surface area contributed by atoms with Crippen LogP contribution in [0, 0.1) is 5.92 Å². The molecule has 0 aliphatic carbocycles. The van der Waals surface area contributed by atoms with Gasteiger partial charge in [0.2, 0.25) is 10.0 Å². The zero-order valence-electron chi connectivity index (χ0n) is 20.8. The van der Waals surface area contributed by atoms with Gasteiger partial charge in [-0.1, -0.05) is 19.4 Å². The number of aromatic nitrogens is 1. The van der Waals surface area contributed by atoms with E-state index in [0.29, 0.717) is 37.5 Å². The minimum atomic E-state index is -3.71. The largest absolute Gasteiger partial charge is 0.494 e. The van der Waals surface area contributed by atoms with E-state index in [1.165, 1.54) is 16.4 Å². The number of nitrogens with one attached hydrogen (secondary N) is 1. The van der Waals surface area contributed by atoms with E-state index in [1.54, 1.807) is 53.1 Å². The minimum Gasteiger partial charge on any atom is -0.494 e. The molecule has 3 heterocycles. The van der Waals surface area contributed by atoms with Gasteiger partial charge in [-0.25, -0.2) is 8.42 Å². The number of rotatable bonds is 8. The first kappa shape index (κ1) is 25.2. The van der Waals surface area contributed by atoms with Gasteiger partial charge in [-0.3, -0.25) is 9.59 Å². The van der Waals surface area contributed by atoms with Crippen LogP contribution in [0.1, 0.15) is 48.2 Å². The van der Waals surface area contributed by atoms with Crippen molar-refractivity contribution in [2.75, 3.05) is 25.0 Å². The second-order valence-electron chi connectivity index (χ2n) is 9.73. The Bertz CT molecular complexity index is 1430. The van der Waals surface area contributed by atoms with E-state index in [1.807, 2.05) is 6.07 Å². The molecule has 8 nitrogen and oxygen atoms in total. The fourth-order valence-electron chi connectivity index (χ4n) is 5.15. The Balaban J connectivity index is 1.25. The number of benzene rings is 2. The SMILES string of the molecule is CCCCOc1ccc(C(=O)Nc2ccc(S(=O)(=O)N3C[C@H]4C[C@H](C3)c3cccc(=O)n3C4)cc2)cc1.